The Morgan fingerprint density at radius 1 is 1.03 bits per heavy atom. The Kier molecular flexibility index (Phi) is 8.01. The van der Waals surface area contributed by atoms with Gasteiger partial charge in [-0.2, -0.15) is 18.2 Å². The molecule has 2 N–H and O–H groups in total. The summed E-state index contributed by atoms with van der Waals surface area (Å²) in [6.45, 7) is 4.84. The van der Waals surface area contributed by atoms with Crippen LogP contribution in [0.1, 0.15) is 42.7 Å². The number of hydrogen-bond donors (Lipinski definition) is 1. The second kappa shape index (κ2) is 10.4. The van der Waals surface area contributed by atoms with E-state index in [0.29, 0.717) is 18.3 Å². The standard InChI is InChI=1S/C19H22F3N7S.CH5N.ClH/c1-2-5-12-10-13-15(23-18(24-16(13)30-12)27-6-3-4-7-27)28-8-9-29-14(11-28)25-26-17(29)19(20,21)22;1-2;/h10H,2-9,11H2,1H3;2H2,1H3;1H. The second-order valence-electron chi connectivity index (χ2n) is 7.73. The van der Waals surface area contributed by atoms with Crippen LogP contribution in [-0.2, 0) is 25.7 Å². The third-order valence-corrected chi connectivity index (χ3v) is 6.69. The molecular formula is C20H28ClF3N8S. The van der Waals surface area contributed by atoms with E-state index in [1.807, 2.05) is 4.90 Å². The smallest absolute Gasteiger partial charge is 0.347 e. The quantitative estimate of drug-likeness (QED) is 0.577. The Labute approximate surface area is 200 Å². The number of hydrogen-bond acceptors (Lipinski definition) is 8. The number of rotatable bonds is 4. The van der Waals surface area contributed by atoms with Crippen molar-refractivity contribution in [3.63, 3.8) is 0 Å². The monoisotopic (exact) mass is 504 g/mol. The van der Waals surface area contributed by atoms with Crippen molar-refractivity contribution in [2.75, 3.05) is 36.5 Å². The Morgan fingerprint density at radius 3 is 2.42 bits per heavy atom. The fourth-order valence-electron chi connectivity index (χ4n) is 4.16. The first-order valence-corrected chi connectivity index (χ1v) is 11.6. The minimum Gasteiger partial charge on any atom is -0.347 e. The molecule has 1 fully saturated rings. The largest absolute Gasteiger partial charge is 0.451 e. The van der Waals surface area contributed by atoms with Gasteiger partial charge in [0.2, 0.25) is 11.8 Å². The molecule has 2 aliphatic rings. The highest BCUT2D eigenvalue weighted by Gasteiger charge is 2.39. The fourth-order valence-corrected chi connectivity index (χ4v) is 5.28. The van der Waals surface area contributed by atoms with Gasteiger partial charge in [-0.1, -0.05) is 13.3 Å². The number of aryl methyl sites for hydroxylation is 1. The van der Waals surface area contributed by atoms with Gasteiger partial charge in [0.05, 0.1) is 11.9 Å². The van der Waals surface area contributed by atoms with E-state index in [4.69, 9.17) is 9.97 Å². The summed E-state index contributed by atoms with van der Waals surface area (Å²) in [7, 11) is 1.50. The Morgan fingerprint density at radius 2 is 1.76 bits per heavy atom. The van der Waals surface area contributed by atoms with Gasteiger partial charge in [-0.15, -0.1) is 33.9 Å². The lowest BCUT2D eigenvalue weighted by molar-refractivity contribution is -0.147. The van der Waals surface area contributed by atoms with Crippen molar-refractivity contribution in [3.05, 3.63) is 22.6 Å². The van der Waals surface area contributed by atoms with E-state index >= 15 is 0 Å². The van der Waals surface area contributed by atoms with Crippen molar-refractivity contribution in [1.29, 1.82) is 0 Å². The van der Waals surface area contributed by atoms with Crippen LogP contribution in [0.3, 0.4) is 0 Å². The molecule has 0 amide bonds. The molecule has 13 heteroatoms. The van der Waals surface area contributed by atoms with Crippen LogP contribution < -0.4 is 15.5 Å². The van der Waals surface area contributed by atoms with Gasteiger partial charge in [0.25, 0.3) is 0 Å². The Balaban J connectivity index is 0.000000994. The molecule has 182 valence electrons. The van der Waals surface area contributed by atoms with Crippen molar-refractivity contribution in [2.45, 2.75) is 51.9 Å². The van der Waals surface area contributed by atoms with E-state index < -0.39 is 12.0 Å². The van der Waals surface area contributed by atoms with E-state index in [1.165, 1.54) is 16.5 Å². The molecule has 2 aliphatic heterocycles. The van der Waals surface area contributed by atoms with Crippen molar-refractivity contribution >= 4 is 45.7 Å². The average molecular weight is 505 g/mol. The summed E-state index contributed by atoms with van der Waals surface area (Å²) in [5, 5.41) is 8.17. The first-order valence-electron chi connectivity index (χ1n) is 10.8. The van der Waals surface area contributed by atoms with E-state index in [-0.39, 0.29) is 25.5 Å². The van der Waals surface area contributed by atoms with Gasteiger partial charge in [0.1, 0.15) is 10.6 Å². The third-order valence-electron chi connectivity index (χ3n) is 5.60. The lowest BCUT2D eigenvalue weighted by Crippen LogP contribution is -2.36. The summed E-state index contributed by atoms with van der Waals surface area (Å²) in [5.74, 6) is 0.877. The van der Waals surface area contributed by atoms with Crippen molar-refractivity contribution < 1.29 is 13.2 Å². The number of alkyl halides is 3. The number of anilines is 2. The second-order valence-corrected chi connectivity index (χ2v) is 8.85. The van der Waals surface area contributed by atoms with Crippen molar-refractivity contribution in [1.82, 2.24) is 24.7 Å². The van der Waals surface area contributed by atoms with E-state index in [1.54, 1.807) is 11.3 Å². The van der Waals surface area contributed by atoms with Crippen LogP contribution in [0.2, 0.25) is 0 Å². The summed E-state index contributed by atoms with van der Waals surface area (Å²) in [6.07, 6.45) is -0.240. The minimum absolute atomic E-state index is 0. The van der Waals surface area contributed by atoms with Crippen LogP contribution >= 0.6 is 23.7 Å². The predicted molar refractivity (Wildman–Crippen MR) is 126 cm³/mol. The van der Waals surface area contributed by atoms with E-state index in [2.05, 4.69) is 33.8 Å². The summed E-state index contributed by atoms with van der Waals surface area (Å²) < 4.78 is 40.7. The van der Waals surface area contributed by atoms with Gasteiger partial charge in [0.15, 0.2) is 5.82 Å². The first-order chi connectivity index (χ1) is 15.4. The highest BCUT2D eigenvalue weighted by molar-refractivity contribution is 7.18. The molecule has 0 radical (unpaired) electrons. The summed E-state index contributed by atoms with van der Waals surface area (Å²) >= 11 is 1.68. The van der Waals surface area contributed by atoms with Crippen LogP contribution in [0, 0.1) is 0 Å². The Bertz CT molecular complexity index is 1080. The van der Waals surface area contributed by atoms with Gasteiger partial charge >= 0.3 is 6.18 Å². The predicted octanol–water partition coefficient (Wildman–Crippen LogP) is 3.87. The van der Waals surface area contributed by atoms with Crippen molar-refractivity contribution in [2.24, 2.45) is 5.73 Å². The lowest BCUT2D eigenvalue weighted by Gasteiger charge is -2.30. The molecule has 0 aromatic carbocycles. The molecule has 0 atom stereocenters. The number of fused-ring (bicyclic) bond motifs is 2. The van der Waals surface area contributed by atoms with Crippen LogP contribution in [0.4, 0.5) is 24.9 Å². The summed E-state index contributed by atoms with van der Waals surface area (Å²) in [5.41, 5.74) is 4.50. The van der Waals surface area contributed by atoms with Crippen molar-refractivity contribution in [3.8, 4) is 0 Å². The number of aromatic nitrogens is 5. The maximum Gasteiger partial charge on any atom is 0.451 e. The Hall–Kier alpha value is -2.18. The molecule has 0 aliphatic carbocycles. The van der Waals surface area contributed by atoms with Gasteiger partial charge < -0.3 is 20.1 Å². The maximum absolute atomic E-state index is 13.2. The zero-order chi connectivity index (χ0) is 22.9. The minimum atomic E-state index is -4.50. The maximum atomic E-state index is 13.2. The molecule has 8 nitrogen and oxygen atoms in total. The number of nitrogens with zero attached hydrogens (tertiary/aromatic N) is 7. The highest BCUT2D eigenvalue weighted by atomic mass is 35.5. The van der Waals surface area contributed by atoms with Gasteiger partial charge in [-0.25, -0.2) is 4.98 Å². The zero-order valence-electron chi connectivity index (χ0n) is 18.6. The van der Waals surface area contributed by atoms with Gasteiger partial charge in [-0.3, -0.25) is 0 Å². The van der Waals surface area contributed by atoms with Gasteiger partial charge in [-0.05, 0) is 32.4 Å². The molecule has 3 aromatic rings. The molecule has 5 rings (SSSR count). The number of halogens is 4. The molecule has 1 saturated heterocycles. The van der Waals surface area contributed by atoms with Crippen LogP contribution in [0.15, 0.2) is 6.07 Å². The molecule has 33 heavy (non-hydrogen) atoms. The number of thiophene rings is 1. The fraction of sp³-hybridized carbons (Fsp3) is 0.600. The topological polar surface area (TPSA) is 89.0 Å². The first kappa shape index (κ1) is 25.4. The molecule has 3 aromatic heterocycles. The van der Waals surface area contributed by atoms with Gasteiger partial charge in [0, 0.05) is 31.1 Å². The van der Waals surface area contributed by atoms with Crippen LogP contribution in [0.25, 0.3) is 10.2 Å². The van der Waals surface area contributed by atoms with Crippen LogP contribution in [-0.4, -0.2) is 51.4 Å². The normalized spacial score (nSPS) is 15.8. The SMILES string of the molecule is CCCc1cc2c(N3CCn4c(nnc4C(F)(F)F)C3)nc(N3CCCC3)nc2s1.CN.Cl. The number of nitrogens with two attached hydrogens (primary N) is 1. The average Bonchev–Trinajstić information content (AvgIpc) is 3.52. The van der Waals surface area contributed by atoms with E-state index in [9.17, 15) is 13.2 Å². The molecule has 0 spiro atoms. The molecule has 5 heterocycles. The lowest BCUT2D eigenvalue weighted by atomic mass is 10.2. The highest BCUT2D eigenvalue weighted by Crippen LogP contribution is 2.36. The zero-order valence-corrected chi connectivity index (χ0v) is 20.2. The summed E-state index contributed by atoms with van der Waals surface area (Å²) in [4.78, 5) is 16.1. The van der Waals surface area contributed by atoms with Crippen LogP contribution in [0.5, 0.6) is 0 Å². The molecule has 0 bridgehead atoms. The molecule has 0 unspecified atom stereocenters. The summed E-state index contributed by atoms with van der Waals surface area (Å²) in [6, 6.07) is 2.13. The van der Waals surface area contributed by atoms with E-state index in [0.717, 1.165) is 54.8 Å². The third kappa shape index (κ3) is 5.02. The molecule has 0 saturated carbocycles. The molecular weight excluding hydrogens is 477 g/mol.